The van der Waals surface area contributed by atoms with Crippen LogP contribution in [-0.2, 0) is 0 Å². The molecule has 1 aliphatic rings. The first-order valence-corrected chi connectivity index (χ1v) is 7.50. The summed E-state index contributed by atoms with van der Waals surface area (Å²) in [5.41, 5.74) is 1.54. The molecule has 2 heterocycles. The summed E-state index contributed by atoms with van der Waals surface area (Å²) in [6, 6.07) is 7.59. The number of H-pyrrole nitrogens is 1. The molecular formula is C16H21N3O3. The second kappa shape index (κ2) is 6.37. The molecule has 2 aromatic rings. The molecule has 1 aromatic heterocycles. The van der Waals surface area contributed by atoms with Crippen molar-refractivity contribution in [3.63, 3.8) is 0 Å². The van der Waals surface area contributed by atoms with Crippen LogP contribution in [0, 0.1) is 0 Å². The number of amides is 1. The van der Waals surface area contributed by atoms with Crippen LogP contribution in [0.1, 0.15) is 10.5 Å². The predicted octanol–water partition coefficient (Wildman–Crippen LogP) is 0.927. The molecule has 1 saturated heterocycles. The lowest BCUT2D eigenvalue weighted by Crippen LogP contribution is -2.49. The molecule has 0 radical (unpaired) electrons. The fourth-order valence-electron chi connectivity index (χ4n) is 2.84. The average molecular weight is 303 g/mol. The number of benzene rings is 1. The van der Waals surface area contributed by atoms with E-state index in [2.05, 4.69) is 9.88 Å². The molecule has 1 fully saturated rings. The van der Waals surface area contributed by atoms with Gasteiger partial charge in [0.15, 0.2) is 0 Å². The maximum atomic E-state index is 12.6. The van der Waals surface area contributed by atoms with Crippen LogP contribution in [-0.4, -0.2) is 72.2 Å². The summed E-state index contributed by atoms with van der Waals surface area (Å²) >= 11 is 0. The molecule has 0 saturated carbocycles. The second-order valence-electron chi connectivity index (χ2n) is 5.49. The van der Waals surface area contributed by atoms with Gasteiger partial charge in [0.05, 0.1) is 13.7 Å². The van der Waals surface area contributed by atoms with Gasteiger partial charge in [-0.3, -0.25) is 9.69 Å². The third kappa shape index (κ3) is 2.93. The summed E-state index contributed by atoms with van der Waals surface area (Å²) in [5, 5.41) is 9.93. The largest absolute Gasteiger partial charge is 0.497 e. The van der Waals surface area contributed by atoms with Gasteiger partial charge in [0.25, 0.3) is 5.91 Å². The first kappa shape index (κ1) is 14.9. The van der Waals surface area contributed by atoms with Crippen molar-refractivity contribution in [2.45, 2.75) is 0 Å². The Labute approximate surface area is 129 Å². The van der Waals surface area contributed by atoms with Crippen molar-refractivity contribution in [1.29, 1.82) is 0 Å². The SMILES string of the molecule is COc1ccc2[nH]c(C(=O)N3CCN(CCO)CC3)cc2c1. The zero-order chi connectivity index (χ0) is 15.5. The zero-order valence-electron chi connectivity index (χ0n) is 12.7. The third-order valence-electron chi connectivity index (χ3n) is 4.13. The number of hydrogen-bond donors (Lipinski definition) is 2. The maximum absolute atomic E-state index is 12.6. The molecule has 22 heavy (non-hydrogen) atoms. The molecule has 0 unspecified atom stereocenters. The van der Waals surface area contributed by atoms with Crippen molar-refractivity contribution in [3.05, 3.63) is 30.0 Å². The summed E-state index contributed by atoms with van der Waals surface area (Å²) in [6.45, 7) is 3.84. The molecule has 1 amide bonds. The van der Waals surface area contributed by atoms with Gasteiger partial charge < -0.3 is 19.7 Å². The van der Waals surface area contributed by atoms with E-state index in [1.54, 1.807) is 7.11 Å². The highest BCUT2D eigenvalue weighted by molar-refractivity contribution is 5.98. The number of aliphatic hydroxyl groups excluding tert-OH is 1. The summed E-state index contributed by atoms with van der Waals surface area (Å²) in [7, 11) is 1.63. The van der Waals surface area contributed by atoms with E-state index in [0.717, 1.165) is 29.7 Å². The minimum absolute atomic E-state index is 0.0267. The molecule has 0 bridgehead atoms. The van der Waals surface area contributed by atoms with Crippen molar-refractivity contribution in [1.82, 2.24) is 14.8 Å². The molecule has 118 valence electrons. The summed E-state index contributed by atoms with van der Waals surface area (Å²) in [4.78, 5) is 19.8. The Kier molecular flexibility index (Phi) is 4.31. The van der Waals surface area contributed by atoms with E-state index in [1.807, 2.05) is 29.2 Å². The number of nitrogens with zero attached hydrogens (tertiary/aromatic N) is 2. The number of aromatic amines is 1. The molecule has 2 N–H and O–H groups in total. The lowest BCUT2D eigenvalue weighted by molar-refractivity contribution is 0.0610. The van der Waals surface area contributed by atoms with Gasteiger partial charge in [0.1, 0.15) is 11.4 Å². The Morgan fingerprint density at radius 3 is 2.73 bits per heavy atom. The van der Waals surface area contributed by atoms with Crippen LogP contribution < -0.4 is 4.74 Å². The minimum atomic E-state index is 0.0267. The van der Waals surface area contributed by atoms with E-state index >= 15 is 0 Å². The second-order valence-corrected chi connectivity index (χ2v) is 5.49. The predicted molar refractivity (Wildman–Crippen MR) is 84.3 cm³/mol. The van der Waals surface area contributed by atoms with Gasteiger partial charge in [0.2, 0.25) is 0 Å². The first-order valence-electron chi connectivity index (χ1n) is 7.50. The fraction of sp³-hybridized carbons (Fsp3) is 0.438. The van der Waals surface area contributed by atoms with Crippen LogP contribution in [0.15, 0.2) is 24.3 Å². The molecular weight excluding hydrogens is 282 g/mol. The average Bonchev–Trinajstić information content (AvgIpc) is 2.98. The number of rotatable bonds is 4. The monoisotopic (exact) mass is 303 g/mol. The van der Waals surface area contributed by atoms with E-state index in [9.17, 15) is 4.79 Å². The van der Waals surface area contributed by atoms with Gasteiger partial charge in [-0.15, -0.1) is 0 Å². The summed E-state index contributed by atoms with van der Waals surface area (Å²) in [5.74, 6) is 0.807. The highest BCUT2D eigenvalue weighted by Crippen LogP contribution is 2.22. The number of β-amino-alcohol motifs (C(OH)–C–C–N with tert-alkyl or cyclic N) is 1. The number of carbonyl (C=O) groups excluding carboxylic acids is 1. The number of nitrogens with one attached hydrogen (secondary N) is 1. The third-order valence-corrected chi connectivity index (χ3v) is 4.13. The zero-order valence-corrected chi connectivity index (χ0v) is 12.7. The number of hydrogen-bond acceptors (Lipinski definition) is 4. The van der Waals surface area contributed by atoms with E-state index in [4.69, 9.17) is 9.84 Å². The quantitative estimate of drug-likeness (QED) is 0.881. The van der Waals surface area contributed by atoms with Crippen LogP contribution in [0.3, 0.4) is 0 Å². The maximum Gasteiger partial charge on any atom is 0.270 e. The molecule has 6 nitrogen and oxygen atoms in total. The van der Waals surface area contributed by atoms with Gasteiger partial charge in [-0.2, -0.15) is 0 Å². The Hall–Kier alpha value is -2.05. The van der Waals surface area contributed by atoms with E-state index in [-0.39, 0.29) is 12.5 Å². The Balaban J connectivity index is 1.72. The first-order chi connectivity index (χ1) is 10.7. The van der Waals surface area contributed by atoms with Crippen molar-refractivity contribution in [3.8, 4) is 5.75 Å². The number of piperazine rings is 1. The van der Waals surface area contributed by atoms with Gasteiger partial charge in [-0.1, -0.05) is 0 Å². The molecule has 0 aliphatic carbocycles. The van der Waals surface area contributed by atoms with E-state index < -0.39 is 0 Å². The van der Waals surface area contributed by atoms with Crippen LogP contribution in [0.5, 0.6) is 5.75 Å². The van der Waals surface area contributed by atoms with Crippen molar-refractivity contribution in [2.75, 3.05) is 46.4 Å². The van der Waals surface area contributed by atoms with Gasteiger partial charge >= 0.3 is 0 Å². The fourth-order valence-corrected chi connectivity index (χ4v) is 2.84. The minimum Gasteiger partial charge on any atom is -0.497 e. The standard InChI is InChI=1S/C16H21N3O3/c1-22-13-2-3-14-12(10-13)11-15(17-14)16(21)19-6-4-18(5-7-19)8-9-20/h2-3,10-11,17,20H,4-9H2,1H3. The number of aliphatic hydroxyl groups is 1. The van der Waals surface area contributed by atoms with Crippen LogP contribution in [0.25, 0.3) is 10.9 Å². The number of carbonyl (C=O) groups is 1. The molecule has 6 heteroatoms. The van der Waals surface area contributed by atoms with Crippen molar-refractivity contribution in [2.24, 2.45) is 0 Å². The normalized spacial score (nSPS) is 16.2. The lowest BCUT2D eigenvalue weighted by atomic mass is 10.2. The highest BCUT2D eigenvalue weighted by atomic mass is 16.5. The van der Waals surface area contributed by atoms with Crippen LogP contribution in [0.2, 0.25) is 0 Å². The molecule has 1 aromatic carbocycles. The summed E-state index contributed by atoms with van der Waals surface area (Å²) < 4.78 is 5.21. The number of fused-ring (bicyclic) bond motifs is 1. The lowest BCUT2D eigenvalue weighted by Gasteiger charge is -2.34. The number of ether oxygens (including phenoxy) is 1. The molecule has 0 spiro atoms. The molecule has 1 aliphatic heterocycles. The molecule has 3 rings (SSSR count). The van der Waals surface area contributed by atoms with Crippen LogP contribution in [0.4, 0.5) is 0 Å². The van der Waals surface area contributed by atoms with Gasteiger partial charge in [-0.25, -0.2) is 0 Å². The van der Waals surface area contributed by atoms with Gasteiger partial charge in [0, 0.05) is 43.6 Å². The Morgan fingerprint density at radius 2 is 2.05 bits per heavy atom. The number of aromatic nitrogens is 1. The van der Waals surface area contributed by atoms with Crippen molar-refractivity contribution < 1.29 is 14.6 Å². The molecule has 0 atom stereocenters. The Bertz CT molecular complexity index is 660. The topological polar surface area (TPSA) is 68.8 Å². The van der Waals surface area contributed by atoms with E-state index in [1.165, 1.54) is 0 Å². The van der Waals surface area contributed by atoms with Crippen molar-refractivity contribution >= 4 is 16.8 Å². The van der Waals surface area contributed by atoms with E-state index in [0.29, 0.717) is 25.3 Å². The number of methoxy groups -OCH3 is 1. The summed E-state index contributed by atoms with van der Waals surface area (Å²) in [6.07, 6.45) is 0. The smallest absolute Gasteiger partial charge is 0.270 e. The van der Waals surface area contributed by atoms with Crippen LogP contribution >= 0.6 is 0 Å². The van der Waals surface area contributed by atoms with Gasteiger partial charge in [-0.05, 0) is 24.3 Å². The Morgan fingerprint density at radius 1 is 1.27 bits per heavy atom. The highest BCUT2D eigenvalue weighted by Gasteiger charge is 2.22.